The Hall–Kier alpha value is -4.05. The standard InChI is InChI=1S/C43H58N2O14S3/c1-5-44-37-20-18-33(61(51,52)53)31-35(37)42(2,22-14-30-60(48,49)50)39(44)15-10-7-6-8-11-16-40-43(3,23-25-58-28-29-59-27-26-57-4)36-32-34(62(54,55)56)19-21-38(36)45(40)24-13-9-12-17-41(46)47/h6-8,10-11,15-16,18-21,31-32H,5,9,12-14,17,22-30H2,1-4H3,(H3-,46,47,48,49,50,51,52,53,54,55,56)/p+1. The second-order valence-electron chi connectivity index (χ2n) is 15.5. The van der Waals surface area contributed by atoms with Crippen LogP contribution in [0.5, 0.6) is 0 Å². The lowest BCUT2D eigenvalue weighted by Crippen LogP contribution is -2.33. The number of hydrogen-bond acceptors (Lipinski definition) is 11. The van der Waals surface area contributed by atoms with Crippen molar-refractivity contribution in [2.24, 2.45) is 0 Å². The highest BCUT2D eigenvalue weighted by molar-refractivity contribution is 7.86. The number of likely N-dealkylation sites (N-methyl/N-ethyl adjacent to an activating group) is 1. The second kappa shape index (κ2) is 22.0. The van der Waals surface area contributed by atoms with Gasteiger partial charge in [-0.25, -0.2) is 0 Å². The Balaban J connectivity index is 1.67. The highest BCUT2D eigenvalue weighted by Gasteiger charge is 2.48. The van der Waals surface area contributed by atoms with Gasteiger partial charge < -0.3 is 24.2 Å². The van der Waals surface area contributed by atoms with Gasteiger partial charge in [0.2, 0.25) is 5.69 Å². The summed E-state index contributed by atoms with van der Waals surface area (Å²) in [6, 6.07) is 8.85. The molecule has 2 aromatic rings. The third-order valence-electron chi connectivity index (χ3n) is 11.2. The van der Waals surface area contributed by atoms with Crippen LogP contribution in [0.15, 0.2) is 94.4 Å². The summed E-state index contributed by atoms with van der Waals surface area (Å²) in [7, 11) is -11.7. The molecular weight excluding hydrogens is 865 g/mol. The van der Waals surface area contributed by atoms with Crippen molar-refractivity contribution >= 4 is 53.4 Å². The van der Waals surface area contributed by atoms with E-state index in [0.717, 1.165) is 17.1 Å². The molecule has 0 amide bonds. The summed E-state index contributed by atoms with van der Waals surface area (Å²) in [4.78, 5) is 12.6. The summed E-state index contributed by atoms with van der Waals surface area (Å²) >= 11 is 0. The number of benzene rings is 2. The number of rotatable bonds is 26. The van der Waals surface area contributed by atoms with Crippen molar-refractivity contribution < 1.29 is 67.6 Å². The van der Waals surface area contributed by atoms with Crippen molar-refractivity contribution in [1.29, 1.82) is 0 Å². The van der Waals surface area contributed by atoms with E-state index in [2.05, 4.69) is 4.58 Å². The first kappa shape index (κ1) is 50.6. The average molecular weight is 924 g/mol. The van der Waals surface area contributed by atoms with Crippen LogP contribution in [0.1, 0.15) is 76.8 Å². The molecule has 2 unspecified atom stereocenters. The minimum Gasteiger partial charge on any atom is -0.481 e. The molecular formula is C43H59N2O14S3+. The van der Waals surface area contributed by atoms with Gasteiger partial charge in [-0.2, -0.15) is 29.8 Å². The molecule has 16 nitrogen and oxygen atoms in total. The topological polar surface area (TPSA) is 234 Å². The minimum atomic E-state index is -4.53. The van der Waals surface area contributed by atoms with Crippen LogP contribution < -0.4 is 4.90 Å². The largest absolute Gasteiger partial charge is 0.481 e. The van der Waals surface area contributed by atoms with Crippen LogP contribution in [0.2, 0.25) is 0 Å². The molecule has 4 N–H and O–H groups in total. The summed E-state index contributed by atoms with van der Waals surface area (Å²) in [5, 5.41) is 9.15. The fourth-order valence-electron chi connectivity index (χ4n) is 8.05. The van der Waals surface area contributed by atoms with Crippen LogP contribution in [0, 0.1) is 0 Å². The SMILES string of the molecule is CCN1/C(=C/C=C/C=C/C=C/C2=[N+](CCCCCC(=O)O)c3ccc(S(=O)(=O)O)cc3C2(C)CCOCCOCCOC)C(C)(CCCS(=O)(=O)O)c2cc(S(=O)(=O)O)ccc21. The predicted octanol–water partition coefficient (Wildman–Crippen LogP) is 6.27. The van der Waals surface area contributed by atoms with Gasteiger partial charge in [-0.15, -0.1) is 0 Å². The summed E-state index contributed by atoms with van der Waals surface area (Å²) < 4.78 is 120. The van der Waals surface area contributed by atoms with Crippen molar-refractivity contribution in [2.45, 2.75) is 86.3 Å². The smallest absolute Gasteiger partial charge is 0.303 e. The normalized spacial score (nSPS) is 20.1. The van der Waals surface area contributed by atoms with Crippen LogP contribution >= 0.6 is 0 Å². The Kier molecular flexibility index (Phi) is 18.0. The number of nitrogens with zero attached hydrogens (tertiary/aromatic N) is 2. The molecule has 4 rings (SSSR count). The van der Waals surface area contributed by atoms with Crippen LogP contribution in [0.25, 0.3) is 0 Å². The lowest BCUT2D eigenvalue weighted by atomic mass is 9.76. The number of anilines is 1. The van der Waals surface area contributed by atoms with E-state index in [9.17, 15) is 43.7 Å². The Morgan fingerprint density at radius 3 is 1.98 bits per heavy atom. The molecule has 342 valence electrons. The first-order chi connectivity index (χ1) is 29.2. The third kappa shape index (κ3) is 13.2. The van der Waals surface area contributed by atoms with Gasteiger partial charge in [-0.3, -0.25) is 18.5 Å². The molecule has 0 spiro atoms. The summed E-state index contributed by atoms with van der Waals surface area (Å²) in [6.07, 6.45) is 15.5. The summed E-state index contributed by atoms with van der Waals surface area (Å²) in [5.41, 5.74) is 2.72. The highest BCUT2D eigenvalue weighted by atomic mass is 32.2. The number of carboxylic acid groups (broad SMARTS) is 1. The van der Waals surface area contributed by atoms with Gasteiger partial charge in [-0.05, 0) is 94.8 Å². The van der Waals surface area contributed by atoms with Crippen molar-refractivity contribution in [2.75, 3.05) is 63.9 Å². The lowest BCUT2D eigenvalue weighted by molar-refractivity contribution is -0.438. The van der Waals surface area contributed by atoms with Gasteiger partial charge in [0, 0.05) is 67.6 Å². The van der Waals surface area contributed by atoms with Gasteiger partial charge in [0.05, 0.1) is 47.4 Å². The number of ether oxygens (including phenoxy) is 3. The molecule has 0 radical (unpaired) electrons. The van der Waals surface area contributed by atoms with Gasteiger partial charge in [-0.1, -0.05) is 30.4 Å². The fraction of sp³-hybridized carbons (Fsp3) is 0.488. The van der Waals surface area contributed by atoms with Gasteiger partial charge >= 0.3 is 5.97 Å². The zero-order valence-electron chi connectivity index (χ0n) is 35.6. The Morgan fingerprint density at radius 2 is 1.35 bits per heavy atom. The number of hydrogen-bond donors (Lipinski definition) is 4. The Morgan fingerprint density at radius 1 is 0.742 bits per heavy atom. The third-order valence-corrected chi connectivity index (χ3v) is 13.7. The number of carboxylic acids is 1. The summed E-state index contributed by atoms with van der Waals surface area (Å²) in [6.45, 7) is 8.69. The van der Waals surface area contributed by atoms with Crippen molar-refractivity contribution in [3.8, 4) is 0 Å². The average Bonchev–Trinajstić information content (AvgIpc) is 3.56. The molecule has 2 heterocycles. The van der Waals surface area contributed by atoms with E-state index in [-0.39, 0.29) is 29.1 Å². The molecule has 19 heteroatoms. The maximum Gasteiger partial charge on any atom is 0.303 e. The molecule has 0 aromatic heterocycles. The number of methoxy groups -OCH3 is 1. The minimum absolute atomic E-state index is 0.0513. The molecule has 2 aromatic carbocycles. The first-order valence-electron chi connectivity index (χ1n) is 20.4. The molecule has 0 saturated carbocycles. The molecule has 0 bridgehead atoms. The Labute approximate surface area is 365 Å². The van der Waals surface area contributed by atoms with Crippen molar-refractivity contribution in [3.05, 3.63) is 95.8 Å². The molecule has 0 saturated heterocycles. The molecule has 62 heavy (non-hydrogen) atoms. The maximum absolute atomic E-state index is 12.3. The van der Waals surface area contributed by atoms with Crippen LogP contribution in [0.4, 0.5) is 11.4 Å². The highest BCUT2D eigenvalue weighted by Crippen LogP contribution is 2.51. The lowest BCUT2D eigenvalue weighted by Gasteiger charge is -2.30. The van der Waals surface area contributed by atoms with E-state index < -0.39 is 52.9 Å². The zero-order chi connectivity index (χ0) is 45.8. The van der Waals surface area contributed by atoms with E-state index in [1.807, 2.05) is 50.0 Å². The molecule has 2 aliphatic rings. The first-order valence-corrected chi connectivity index (χ1v) is 24.9. The van der Waals surface area contributed by atoms with E-state index in [1.54, 1.807) is 37.5 Å². The Bertz CT molecular complexity index is 2410. The second-order valence-corrected chi connectivity index (χ2v) is 19.9. The quantitative estimate of drug-likeness (QED) is 0.0352. The van der Waals surface area contributed by atoms with E-state index in [1.165, 1.54) is 24.3 Å². The maximum atomic E-state index is 12.3. The number of allylic oxidation sites excluding steroid dienone is 8. The molecule has 2 atom stereocenters. The molecule has 2 aliphatic heterocycles. The number of unbranched alkanes of at least 4 members (excludes halogenated alkanes) is 2. The van der Waals surface area contributed by atoms with Crippen LogP contribution in [-0.2, 0) is 60.2 Å². The van der Waals surface area contributed by atoms with E-state index in [0.29, 0.717) is 88.6 Å². The number of fused-ring (bicyclic) bond motifs is 2. The molecule has 0 fully saturated rings. The van der Waals surface area contributed by atoms with E-state index in [4.69, 9.17) is 19.3 Å². The van der Waals surface area contributed by atoms with Crippen LogP contribution in [0.3, 0.4) is 0 Å². The number of carbonyl (C=O) groups is 1. The number of aliphatic carboxylic acids is 1. The van der Waals surface area contributed by atoms with E-state index >= 15 is 0 Å². The van der Waals surface area contributed by atoms with Crippen molar-refractivity contribution in [1.82, 2.24) is 0 Å². The van der Waals surface area contributed by atoms with Crippen LogP contribution in [-0.4, -0.2) is 119 Å². The van der Waals surface area contributed by atoms with Crippen molar-refractivity contribution in [3.63, 3.8) is 0 Å². The fourth-order valence-corrected chi connectivity index (χ4v) is 9.57. The zero-order valence-corrected chi connectivity index (χ0v) is 38.1. The molecule has 0 aliphatic carbocycles. The van der Waals surface area contributed by atoms with Gasteiger partial charge in [0.15, 0.2) is 5.71 Å². The predicted molar refractivity (Wildman–Crippen MR) is 235 cm³/mol. The van der Waals surface area contributed by atoms with Gasteiger partial charge in [0.25, 0.3) is 30.4 Å². The monoisotopic (exact) mass is 923 g/mol. The van der Waals surface area contributed by atoms with Gasteiger partial charge in [0.1, 0.15) is 6.54 Å². The summed E-state index contributed by atoms with van der Waals surface area (Å²) in [5.74, 6) is -1.35.